The molecule has 22 heavy (non-hydrogen) atoms. The maximum Gasteiger partial charge on any atom is 0.407 e. The molecule has 1 heterocycles. The van der Waals surface area contributed by atoms with Gasteiger partial charge in [0.25, 0.3) is 0 Å². The molecule has 0 saturated carbocycles. The van der Waals surface area contributed by atoms with Crippen LogP contribution in [0.25, 0.3) is 0 Å². The third-order valence-electron chi connectivity index (χ3n) is 4.38. The monoisotopic (exact) mass is 313 g/mol. The van der Waals surface area contributed by atoms with Crippen LogP contribution in [0.1, 0.15) is 66.7 Å². The predicted molar refractivity (Wildman–Crippen MR) is 90.9 cm³/mol. The quantitative estimate of drug-likeness (QED) is 0.819. The molecule has 1 amide bonds. The number of rotatable bonds is 5. The van der Waals surface area contributed by atoms with Crippen molar-refractivity contribution in [2.24, 2.45) is 5.73 Å². The summed E-state index contributed by atoms with van der Waals surface area (Å²) >= 11 is 0. The van der Waals surface area contributed by atoms with Gasteiger partial charge in [-0.3, -0.25) is 4.90 Å². The third-order valence-corrected chi connectivity index (χ3v) is 4.38. The van der Waals surface area contributed by atoms with Crippen molar-refractivity contribution in [1.82, 2.24) is 10.2 Å². The SMILES string of the molecule is CCC1CCCCCN1C(CN)C(C)NC(=O)OC(C)(C)C. The van der Waals surface area contributed by atoms with Crippen LogP contribution in [-0.2, 0) is 4.74 Å². The fraction of sp³-hybridized carbons (Fsp3) is 0.941. The molecule has 1 aliphatic rings. The first-order valence-electron chi connectivity index (χ1n) is 8.73. The van der Waals surface area contributed by atoms with Crippen LogP contribution in [0, 0.1) is 0 Å². The van der Waals surface area contributed by atoms with E-state index in [1.165, 1.54) is 25.7 Å². The van der Waals surface area contributed by atoms with Crippen LogP contribution in [0.5, 0.6) is 0 Å². The van der Waals surface area contributed by atoms with Gasteiger partial charge >= 0.3 is 6.09 Å². The molecule has 1 saturated heterocycles. The standard InChI is InChI=1S/C17H35N3O2/c1-6-14-10-8-7-9-11-20(14)15(12-18)13(2)19-16(21)22-17(3,4)5/h13-15H,6-12,18H2,1-5H3,(H,19,21). The summed E-state index contributed by atoms with van der Waals surface area (Å²) in [7, 11) is 0. The van der Waals surface area contributed by atoms with Crippen molar-refractivity contribution < 1.29 is 9.53 Å². The van der Waals surface area contributed by atoms with E-state index in [9.17, 15) is 4.79 Å². The molecule has 1 aliphatic heterocycles. The van der Waals surface area contributed by atoms with Crippen molar-refractivity contribution in [2.75, 3.05) is 13.1 Å². The number of hydrogen-bond acceptors (Lipinski definition) is 4. The van der Waals surface area contributed by atoms with Crippen molar-refractivity contribution >= 4 is 6.09 Å². The topological polar surface area (TPSA) is 67.6 Å². The van der Waals surface area contributed by atoms with Gasteiger partial charge in [0, 0.05) is 24.7 Å². The maximum absolute atomic E-state index is 12.0. The van der Waals surface area contributed by atoms with E-state index in [0.29, 0.717) is 12.6 Å². The van der Waals surface area contributed by atoms with Gasteiger partial charge < -0.3 is 15.8 Å². The second-order valence-electron chi connectivity index (χ2n) is 7.39. The number of nitrogens with one attached hydrogen (secondary N) is 1. The lowest BCUT2D eigenvalue weighted by molar-refractivity contribution is 0.0444. The molecule has 1 fully saturated rings. The Balaban J connectivity index is 2.69. The largest absolute Gasteiger partial charge is 0.444 e. The van der Waals surface area contributed by atoms with Crippen LogP contribution >= 0.6 is 0 Å². The van der Waals surface area contributed by atoms with Gasteiger partial charge in [-0.15, -0.1) is 0 Å². The second kappa shape index (κ2) is 8.73. The zero-order valence-electron chi connectivity index (χ0n) is 15.0. The Labute approximate surface area is 135 Å². The van der Waals surface area contributed by atoms with Crippen molar-refractivity contribution in [3.05, 3.63) is 0 Å². The van der Waals surface area contributed by atoms with Crippen molar-refractivity contribution in [2.45, 2.75) is 90.4 Å². The summed E-state index contributed by atoms with van der Waals surface area (Å²) in [4.78, 5) is 14.5. The first-order chi connectivity index (χ1) is 10.3. The Bertz CT molecular complexity index is 341. The van der Waals surface area contributed by atoms with E-state index in [4.69, 9.17) is 10.5 Å². The van der Waals surface area contributed by atoms with Crippen molar-refractivity contribution in [3.8, 4) is 0 Å². The highest BCUT2D eigenvalue weighted by Gasteiger charge is 2.31. The second-order valence-corrected chi connectivity index (χ2v) is 7.39. The number of alkyl carbamates (subject to hydrolysis) is 1. The molecule has 0 radical (unpaired) electrons. The maximum atomic E-state index is 12.0. The van der Waals surface area contributed by atoms with Crippen LogP contribution in [0.2, 0.25) is 0 Å². The zero-order chi connectivity index (χ0) is 16.8. The molecule has 3 N–H and O–H groups in total. The number of carbonyl (C=O) groups excluding carboxylic acids is 1. The number of amides is 1. The summed E-state index contributed by atoms with van der Waals surface area (Å²) in [5.74, 6) is 0. The highest BCUT2D eigenvalue weighted by molar-refractivity contribution is 5.68. The van der Waals surface area contributed by atoms with E-state index >= 15 is 0 Å². The first-order valence-corrected chi connectivity index (χ1v) is 8.73. The van der Waals surface area contributed by atoms with E-state index in [0.717, 1.165) is 13.0 Å². The average molecular weight is 313 g/mol. The predicted octanol–water partition coefficient (Wildman–Crippen LogP) is 2.88. The number of carbonyl (C=O) groups is 1. The van der Waals surface area contributed by atoms with Gasteiger partial charge in [0.15, 0.2) is 0 Å². The Morgan fingerprint density at radius 1 is 1.36 bits per heavy atom. The molecule has 0 aromatic heterocycles. The summed E-state index contributed by atoms with van der Waals surface area (Å²) < 4.78 is 5.36. The fourth-order valence-corrected chi connectivity index (χ4v) is 3.29. The van der Waals surface area contributed by atoms with Crippen LogP contribution < -0.4 is 11.1 Å². The summed E-state index contributed by atoms with van der Waals surface area (Å²) in [5.41, 5.74) is 5.57. The number of likely N-dealkylation sites (tertiary alicyclic amines) is 1. The number of ether oxygens (including phenoxy) is 1. The molecular weight excluding hydrogens is 278 g/mol. The minimum absolute atomic E-state index is 0.0213. The molecular formula is C17H35N3O2. The molecule has 0 spiro atoms. The normalized spacial score (nSPS) is 23.5. The molecule has 5 heteroatoms. The van der Waals surface area contributed by atoms with Gasteiger partial charge in [0.1, 0.15) is 5.60 Å². The Morgan fingerprint density at radius 3 is 2.59 bits per heavy atom. The summed E-state index contributed by atoms with van der Waals surface area (Å²) in [6, 6.07) is 0.710. The lowest BCUT2D eigenvalue weighted by atomic mass is 10.0. The lowest BCUT2D eigenvalue weighted by Gasteiger charge is -2.39. The molecule has 130 valence electrons. The van der Waals surface area contributed by atoms with Crippen LogP contribution in [0.3, 0.4) is 0 Å². The van der Waals surface area contributed by atoms with Gasteiger partial charge in [-0.25, -0.2) is 4.79 Å². The summed E-state index contributed by atoms with van der Waals surface area (Å²) in [5, 5.41) is 2.97. The summed E-state index contributed by atoms with van der Waals surface area (Å²) in [6.45, 7) is 11.5. The lowest BCUT2D eigenvalue weighted by Crippen LogP contribution is -2.57. The molecule has 0 aliphatic carbocycles. The minimum Gasteiger partial charge on any atom is -0.444 e. The third kappa shape index (κ3) is 6.13. The molecule has 3 unspecified atom stereocenters. The number of nitrogens with two attached hydrogens (primary N) is 1. The molecule has 0 aromatic rings. The highest BCUT2D eigenvalue weighted by atomic mass is 16.6. The van der Waals surface area contributed by atoms with E-state index in [2.05, 4.69) is 17.1 Å². The Kier molecular flexibility index (Phi) is 7.63. The molecule has 1 rings (SSSR count). The minimum atomic E-state index is -0.476. The van der Waals surface area contributed by atoms with Crippen molar-refractivity contribution in [1.29, 1.82) is 0 Å². The van der Waals surface area contributed by atoms with Gasteiger partial charge in [-0.05, 0) is 53.5 Å². The Morgan fingerprint density at radius 2 is 2.05 bits per heavy atom. The zero-order valence-corrected chi connectivity index (χ0v) is 15.0. The first kappa shape index (κ1) is 19.2. The van der Waals surface area contributed by atoms with Crippen LogP contribution in [-0.4, -0.2) is 47.8 Å². The Hall–Kier alpha value is -0.810. The summed E-state index contributed by atoms with van der Waals surface area (Å²) in [6.07, 6.45) is 5.80. The van der Waals surface area contributed by atoms with Crippen LogP contribution in [0.4, 0.5) is 4.79 Å². The van der Waals surface area contributed by atoms with Gasteiger partial charge in [0.05, 0.1) is 0 Å². The van der Waals surface area contributed by atoms with E-state index in [1.54, 1.807) is 0 Å². The fourth-order valence-electron chi connectivity index (χ4n) is 3.29. The van der Waals surface area contributed by atoms with Gasteiger partial charge in [-0.2, -0.15) is 0 Å². The molecule has 5 nitrogen and oxygen atoms in total. The average Bonchev–Trinajstić information content (AvgIpc) is 2.62. The number of nitrogens with zero attached hydrogens (tertiary/aromatic N) is 1. The molecule has 3 atom stereocenters. The van der Waals surface area contributed by atoms with E-state index < -0.39 is 5.60 Å². The number of hydrogen-bond donors (Lipinski definition) is 2. The van der Waals surface area contributed by atoms with Crippen LogP contribution in [0.15, 0.2) is 0 Å². The highest BCUT2D eigenvalue weighted by Crippen LogP contribution is 2.22. The van der Waals surface area contributed by atoms with E-state index in [-0.39, 0.29) is 18.2 Å². The van der Waals surface area contributed by atoms with Crippen molar-refractivity contribution in [3.63, 3.8) is 0 Å². The van der Waals surface area contributed by atoms with Gasteiger partial charge in [0.2, 0.25) is 0 Å². The van der Waals surface area contributed by atoms with Gasteiger partial charge in [-0.1, -0.05) is 19.8 Å². The van der Waals surface area contributed by atoms with E-state index in [1.807, 2.05) is 27.7 Å². The molecule has 0 aromatic carbocycles. The smallest absolute Gasteiger partial charge is 0.407 e. The molecule has 0 bridgehead atoms.